The number of rotatable bonds is 3. The average molecular weight is 399 g/mol. The molecule has 0 aliphatic carbocycles. The standard InChI is InChI=1S/C10H7Br3O2/c1-5(10(14)15)4-6-2-3-7(11)9(13)8(6)12/h2-3H,1,4H2,(H,14,15). The van der Waals surface area contributed by atoms with Crippen LogP contribution in [0.4, 0.5) is 0 Å². The minimum Gasteiger partial charge on any atom is -0.478 e. The second-order valence-corrected chi connectivity index (χ2v) is 5.36. The van der Waals surface area contributed by atoms with E-state index in [1.54, 1.807) is 0 Å². The van der Waals surface area contributed by atoms with Crippen LogP contribution < -0.4 is 0 Å². The van der Waals surface area contributed by atoms with Crippen molar-refractivity contribution in [3.63, 3.8) is 0 Å². The van der Waals surface area contributed by atoms with Crippen LogP contribution in [-0.4, -0.2) is 11.1 Å². The minimum absolute atomic E-state index is 0.171. The fourth-order valence-electron chi connectivity index (χ4n) is 1.01. The molecule has 0 saturated heterocycles. The third-order valence-corrected chi connectivity index (χ3v) is 5.28. The Balaban J connectivity index is 3.02. The summed E-state index contributed by atoms with van der Waals surface area (Å²) in [6, 6.07) is 3.71. The zero-order chi connectivity index (χ0) is 11.6. The Hall–Kier alpha value is -0.130. The second-order valence-electron chi connectivity index (χ2n) is 2.92. The van der Waals surface area contributed by atoms with Gasteiger partial charge in [-0.1, -0.05) is 12.6 Å². The molecule has 5 heteroatoms. The summed E-state index contributed by atoms with van der Waals surface area (Å²) >= 11 is 10.1. The zero-order valence-electron chi connectivity index (χ0n) is 7.56. The highest BCUT2D eigenvalue weighted by atomic mass is 79.9. The normalized spacial score (nSPS) is 10.1. The lowest BCUT2D eigenvalue weighted by Gasteiger charge is -2.07. The van der Waals surface area contributed by atoms with Gasteiger partial charge in [0.15, 0.2) is 0 Å². The number of hydrogen-bond acceptors (Lipinski definition) is 1. The molecular weight excluding hydrogens is 392 g/mol. The lowest BCUT2D eigenvalue weighted by Crippen LogP contribution is -2.02. The van der Waals surface area contributed by atoms with Crippen molar-refractivity contribution in [2.24, 2.45) is 0 Å². The van der Waals surface area contributed by atoms with Crippen LogP contribution in [0.1, 0.15) is 5.56 Å². The van der Waals surface area contributed by atoms with Gasteiger partial charge in [-0.2, -0.15) is 0 Å². The van der Waals surface area contributed by atoms with Gasteiger partial charge >= 0.3 is 5.97 Å². The van der Waals surface area contributed by atoms with Crippen LogP contribution in [0.3, 0.4) is 0 Å². The van der Waals surface area contributed by atoms with Crippen molar-refractivity contribution < 1.29 is 9.90 Å². The summed E-state index contributed by atoms with van der Waals surface area (Å²) in [4.78, 5) is 10.6. The van der Waals surface area contributed by atoms with Gasteiger partial charge in [-0.25, -0.2) is 4.79 Å². The van der Waals surface area contributed by atoms with Crippen molar-refractivity contribution in [2.75, 3.05) is 0 Å². The van der Waals surface area contributed by atoms with Gasteiger partial charge in [0.05, 0.1) is 0 Å². The Labute approximate surface area is 113 Å². The van der Waals surface area contributed by atoms with Gasteiger partial charge in [-0.15, -0.1) is 0 Å². The summed E-state index contributed by atoms with van der Waals surface area (Å²) in [7, 11) is 0. The Morgan fingerprint density at radius 1 is 1.27 bits per heavy atom. The molecular formula is C10H7Br3O2. The van der Waals surface area contributed by atoms with Gasteiger partial charge in [0, 0.05) is 25.4 Å². The van der Waals surface area contributed by atoms with Crippen molar-refractivity contribution in [2.45, 2.75) is 6.42 Å². The smallest absolute Gasteiger partial charge is 0.331 e. The fourth-order valence-corrected chi connectivity index (χ4v) is 2.48. The van der Waals surface area contributed by atoms with Crippen LogP contribution in [0.15, 0.2) is 37.7 Å². The van der Waals surface area contributed by atoms with Gasteiger partial charge in [-0.05, 0) is 59.4 Å². The van der Waals surface area contributed by atoms with Crippen molar-refractivity contribution in [3.05, 3.63) is 43.3 Å². The Kier molecular flexibility index (Phi) is 4.55. The molecule has 1 rings (SSSR count). The molecule has 1 N–H and O–H groups in total. The molecule has 0 unspecified atom stereocenters. The molecule has 15 heavy (non-hydrogen) atoms. The van der Waals surface area contributed by atoms with E-state index in [1.165, 1.54) is 0 Å². The molecule has 0 aromatic heterocycles. The van der Waals surface area contributed by atoms with E-state index >= 15 is 0 Å². The van der Waals surface area contributed by atoms with Gasteiger partial charge in [0.25, 0.3) is 0 Å². The minimum atomic E-state index is -0.971. The molecule has 0 saturated carbocycles. The highest BCUT2D eigenvalue weighted by Crippen LogP contribution is 2.34. The lowest BCUT2D eigenvalue weighted by atomic mass is 10.1. The number of aliphatic carboxylic acids is 1. The maximum Gasteiger partial charge on any atom is 0.331 e. The van der Waals surface area contributed by atoms with Crippen molar-refractivity contribution >= 4 is 53.8 Å². The maximum absolute atomic E-state index is 10.6. The summed E-state index contributed by atoms with van der Waals surface area (Å²) in [5, 5.41) is 8.72. The zero-order valence-corrected chi connectivity index (χ0v) is 12.3. The third-order valence-electron chi connectivity index (χ3n) is 1.82. The molecule has 0 atom stereocenters. The first-order valence-electron chi connectivity index (χ1n) is 3.97. The van der Waals surface area contributed by atoms with Crippen molar-refractivity contribution in [3.8, 4) is 0 Å². The van der Waals surface area contributed by atoms with E-state index in [4.69, 9.17) is 5.11 Å². The number of carboxylic acid groups (broad SMARTS) is 1. The molecule has 0 spiro atoms. The van der Waals surface area contributed by atoms with Gasteiger partial charge in [0.2, 0.25) is 0 Å². The molecule has 0 amide bonds. The summed E-state index contributed by atoms with van der Waals surface area (Å²) in [6.07, 6.45) is 0.321. The molecule has 0 radical (unpaired) electrons. The average Bonchev–Trinajstić information content (AvgIpc) is 2.18. The molecule has 0 bridgehead atoms. The largest absolute Gasteiger partial charge is 0.478 e. The van der Waals surface area contributed by atoms with E-state index < -0.39 is 5.97 Å². The summed E-state index contributed by atoms with van der Waals surface area (Å²) in [5.74, 6) is -0.971. The van der Waals surface area contributed by atoms with Crippen LogP contribution in [0.25, 0.3) is 0 Å². The second kappa shape index (κ2) is 5.27. The van der Waals surface area contributed by atoms with Gasteiger partial charge < -0.3 is 5.11 Å². The van der Waals surface area contributed by atoms with Gasteiger partial charge in [-0.3, -0.25) is 0 Å². The SMILES string of the molecule is C=C(Cc1ccc(Br)c(Br)c1Br)C(=O)O. The number of carbonyl (C=O) groups is 1. The first kappa shape index (κ1) is 12.9. The van der Waals surface area contributed by atoms with E-state index in [-0.39, 0.29) is 5.57 Å². The molecule has 1 aromatic carbocycles. The van der Waals surface area contributed by atoms with Gasteiger partial charge in [0.1, 0.15) is 0 Å². The highest BCUT2D eigenvalue weighted by molar-refractivity contribution is 9.14. The third kappa shape index (κ3) is 3.16. The van der Waals surface area contributed by atoms with E-state index in [1.807, 2.05) is 12.1 Å². The monoisotopic (exact) mass is 396 g/mol. The van der Waals surface area contributed by atoms with Crippen molar-refractivity contribution in [1.82, 2.24) is 0 Å². The number of carboxylic acids is 1. The molecule has 0 fully saturated rings. The Morgan fingerprint density at radius 3 is 2.40 bits per heavy atom. The predicted octanol–water partition coefficient (Wildman–Crippen LogP) is 4.16. The van der Waals surface area contributed by atoms with E-state index in [0.29, 0.717) is 6.42 Å². The predicted molar refractivity (Wildman–Crippen MR) is 70.0 cm³/mol. The maximum atomic E-state index is 10.6. The molecule has 0 aliphatic heterocycles. The summed E-state index contributed by atoms with van der Waals surface area (Å²) in [6.45, 7) is 3.50. The van der Waals surface area contributed by atoms with E-state index in [0.717, 1.165) is 19.0 Å². The first-order chi connectivity index (χ1) is 6.93. The molecule has 1 aromatic rings. The molecule has 0 aliphatic rings. The number of halogens is 3. The number of hydrogen-bond donors (Lipinski definition) is 1. The fraction of sp³-hybridized carbons (Fsp3) is 0.100. The lowest BCUT2D eigenvalue weighted by molar-refractivity contribution is -0.132. The van der Waals surface area contributed by atoms with Crippen LogP contribution >= 0.6 is 47.8 Å². The van der Waals surface area contributed by atoms with Crippen LogP contribution in [0.5, 0.6) is 0 Å². The summed E-state index contributed by atoms with van der Waals surface area (Å²) < 4.78 is 2.64. The number of benzene rings is 1. The van der Waals surface area contributed by atoms with E-state index in [9.17, 15) is 4.79 Å². The van der Waals surface area contributed by atoms with Crippen LogP contribution in [-0.2, 0) is 11.2 Å². The first-order valence-corrected chi connectivity index (χ1v) is 6.35. The van der Waals surface area contributed by atoms with Crippen molar-refractivity contribution in [1.29, 1.82) is 0 Å². The highest BCUT2D eigenvalue weighted by Gasteiger charge is 2.11. The molecule has 2 nitrogen and oxygen atoms in total. The summed E-state index contributed by atoms with van der Waals surface area (Å²) in [5.41, 5.74) is 1.06. The Bertz CT molecular complexity index is 427. The molecule has 80 valence electrons. The quantitative estimate of drug-likeness (QED) is 0.613. The van der Waals surface area contributed by atoms with Crippen LogP contribution in [0, 0.1) is 0 Å². The topological polar surface area (TPSA) is 37.3 Å². The van der Waals surface area contributed by atoms with E-state index in [2.05, 4.69) is 54.4 Å². The molecule has 0 heterocycles. The Morgan fingerprint density at radius 2 is 1.87 bits per heavy atom. The van der Waals surface area contributed by atoms with Crippen LogP contribution in [0.2, 0.25) is 0 Å².